The second-order valence-electron chi connectivity index (χ2n) is 2.27. The summed E-state index contributed by atoms with van der Waals surface area (Å²) >= 11 is 0. The van der Waals surface area contributed by atoms with Crippen LogP contribution in [0.1, 0.15) is 0 Å². The van der Waals surface area contributed by atoms with Crippen LogP contribution >= 0.6 is 0 Å². The minimum absolute atomic E-state index is 0.717. The summed E-state index contributed by atoms with van der Waals surface area (Å²) in [5.74, 6) is -5.85. The van der Waals surface area contributed by atoms with Gasteiger partial charge in [0, 0.05) is 0 Å². The molecule has 0 aromatic heterocycles. The molecular formula is C5H7F5N2O. The largest absolute Gasteiger partial charge is 0.454 e. The molecule has 0 saturated heterocycles. The van der Waals surface area contributed by atoms with Crippen molar-refractivity contribution < 1.29 is 26.7 Å². The van der Waals surface area contributed by atoms with Crippen molar-refractivity contribution in [3.05, 3.63) is 0 Å². The first kappa shape index (κ1) is 12.1. The highest BCUT2D eigenvalue weighted by molar-refractivity contribution is 5.75. The zero-order valence-corrected chi connectivity index (χ0v) is 6.29. The normalized spacial score (nSPS) is 13.0. The molecule has 0 aromatic carbocycles. The van der Waals surface area contributed by atoms with E-state index in [1.165, 1.54) is 0 Å². The van der Waals surface area contributed by atoms with Crippen molar-refractivity contribution in [3.8, 4) is 0 Å². The number of carbonyl (C=O) groups is 1. The van der Waals surface area contributed by atoms with Crippen molar-refractivity contribution in [1.82, 2.24) is 5.32 Å². The van der Waals surface area contributed by atoms with Crippen molar-refractivity contribution in [2.24, 2.45) is 5.73 Å². The quantitative estimate of drug-likeness (QED) is 0.648. The fraction of sp³-hybridized carbons (Fsp3) is 0.800. The van der Waals surface area contributed by atoms with Gasteiger partial charge in [-0.1, -0.05) is 0 Å². The molecule has 0 heterocycles. The Morgan fingerprint density at radius 2 is 1.69 bits per heavy atom. The number of hydrogen-bond acceptors (Lipinski definition) is 2. The van der Waals surface area contributed by atoms with E-state index in [-0.39, 0.29) is 0 Å². The van der Waals surface area contributed by atoms with E-state index in [0.29, 0.717) is 0 Å². The van der Waals surface area contributed by atoms with Gasteiger partial charge < -0.3 is 11.1 Å². The zero-order chi connectivity index (χ0) is 10.7. The highest BCUT2D eigenvalue weighted by Crippen LogP contribution is 2.34. The third-order valence-electron chi connectivity index (χ3n) is 1.06. The summed E-state index contributed by atoms with van der Waals surface area (Å²) in [5.41, 5.74) is 4.50. The van der Waals surface area contributed by atoms with E-state index in [0.717, 1.165) is 0 Å². The molecule has 0 rings (SSSR count). The second kappa shape index (κ2) is 3.86. The van der Waals surface area contributed by atoms with Crippen LogP contribution in [0, 0.1) is 0 Å². The first-order chi connectivity index (χ1) is 5.67. The van der Waals surface area contributed by atoms with Crippen LogP contribution in [0.4, 0.5) is 22.0 Å². The maximum absolute atomic E-state index is 12.0. The van der Waals surface area contributed by atoms with Crippen LogP contribution in [0.5, 0.6) is 0 Å². The van der Waals surface area contributed by atoms with Crippen molar-refractivity contribution in [2.45, 2.75) is 12.1 Å². The number of nitrogens with one attached hydrogen (secondary N) is 1. The fourth-order valence-electron chi connectivity index (χ4n) is 0.443. The molecule has 0 radical (unpaired) electrons. The summed E-state index contributed by atoms with van der Waals surface area (Å²) in [7, 11) is 0. The summed E-state index contributed by atoms with van der Waals surface area (Å²) in [6.07, 6.45) is -5.61. The molecule has 0 aliphatic carbocycles. The molecular weight excluding hydrogens is 199 g/mol. The first-order valence-corrected chi connectivity index (χ1v) is 3.10. The Morgan fingerprint density at radius 3 is 2.00 bits per heavy atom. The lowest BCUT2D eigenvalue weighted by Crippen LogP contribution is -2.46. The van der Waals surface area contributed by atoms with Gasteiger partial charge in [-0.2, -0.15) is 22.0 Å². The van der Waals surface area contributed by atoms with Gasteiger partial charge in [0.05, 0.1) is 13.1 Å². The summed E-state index contributed by atoms with van der Waals surface area (Å²) in [5, 5.41) is 1.59. The Morgan fingerprint density at radius 1 is 1.23 bits per heavy atom. The molecule has 0 unspecified atom stereocenters. The number of primary amides is 1. The molecule has 13 heavy (non-hydrogen) atoms. The van der Waals surface area contributed by atoms with Crippen LogP contribution in [0.15, 0.2) is 0 Å². The number of rotatable bonds is 4. The predicted octanol–water partition coefficient (Wildman–Crippen LogP) is 0.259. The van der Waals surface area contributed by atoms with Crippen molar-refractivity contribution >= 4 is 5.91 Å². The molecule has 0 bridgehead atoms. The van der Waals surface area contributed by atoms with Crippen LogP contribution in [0.3, 0.4) is 0 Å². The van der Waals surface area contributed by atoms with Gasteiger partial charge in [-0.05, 0) is 0 Å². The van der Waals surface area contributed by atoms with Crippen molar-refractivity contribution in [3.63, 3.8) is 0 Å². The zero-order valence-electron chi connectivity index (χ0n) is 6.29. The van der Waals surface area contributed by atoms with Gasteiger partial charge in [0.25, 0.3) is 0 Å². The molecule has 0 aliphatic rings. The molecule has 0 aromatic rings. The van der Waals surface area contributed by atoms with Gasteiger partial charge in [0.15, 0.2) is 0 Å². The van der Waals surface area contributed by atoms with Crippen molar-refractivity contribution in [2.75, 3.05) is 13.1 Å². The standard InChI is InChI=1S/C5H7F5N2O/c6-4(7,5(8,9)10)2-12-1-3(11)13/h12H,1-2H2,(H2,11,13). The summed E-state index contributed by atoms with van der Waals surface area (Å²) in [6.45, 7) is -2.37. The SMILES string of the molecule is NC(=O)CNCC(F)(F)C(F)(F)F. The fourth-order valence-corrected chi connectivity index (χ4v) is 0.443. The Hall–Kier alpha value is -0.920. The van der Waals surface area contributed by atoms with E-state index < -0.39 is 31.1 Å². The molecule has 0 aliphatic heterocycles. The van der Waals surface area contributed by atoms with E-state index in [1.54, 1.807) is 5.32 Å². The van der Waals surface area contributed by atoms with Crippen LogP contribution in [-0.4, -0.2) is 31.1 Å². The lowest BCUT2D eigenvalue weighted by Gasteiger charge is -2.19. The minimum Gasteiger partial charge on any atom is -0.369 e. The topological polar surface area (TPSA) is 55.1 Å². The number of alkyl halides is 5. The van der Waals surface area contributed by atoms with Gasteiger partial charge in [0.1, 0.15) is 0 Å². The third-order valence-corrected chi connectivity index (χ3v) is 1.06. The second-order valence-corrected chi connectivity index (χ2v) is 2.27. The Labute approximate surface area is 70.1 Å². The predicted molar refractivity (Wildman–Crippen MR) is 33.1 cm³/mol. The summed E-state index contributed by atoms with van der Waals surface area (Å²) in [6, 6.07) is 0. The summed E-state index contributed by atoms with van der Waals surface area (Å²) < 4.78 is 58.4. The van der Waals surface area contributed by atoms with Gasteiger partial charge >= 0.3 is 12.1 Å². The molecule has 78 valence electrons. The highest BCUT2D eigenvalue weighted by atomic mass is 19.4. The van der Waals surface area contributed by atoms with Crippen LogP contribution < -0.4 is 11.1 Å². The highest BCUT2D eigenvalue weighted by Gasteiger charge is 2.56. The molecule has 0 atom stereocenters. The average Bonchev–Trinajstić information content (AvgIpc) is 1.82. The molecule has 3 N–H and O–H groups in total. The maximum Gasteiger partial charge on any atom is 0.454 e. The van der Waals surface area contributed by atoms with E-state index in [2.05, 4.69) is 5.73 Å². The van der Waals surface area contributed by atoms with Gasteiger partial charge in [-0.15, -0.1) is 0 Å². The number of amides is 1. The summed E-state index contributed by atoms with van der Waals surface area (Å²) in [4.78, 5) is 9.97. The minimum atomic E-state index is -5.61. The van der Waals surface area contributed by atoms with E-state index in [9.17, 15) is 26.7 Å². The van der Waals surface area contributed by atoms with Crippen molar-refractivity contribution in [1.29, 1.82) is 0 Å². The number of nitrogens with two attached hydrogens (primary N) is 1. The molecule has 0 spiro atoms. The van der Waals surface area contributed by atoms with E-state index in [4.69, 9.17) is 0 Å². The van der Waals surface area contributed by atoms with Gasteiger partial charge in [-0.3, -0.25) is 4.79 Å². The monoisotopic (exact) mass is 206 g/mol. The Bertz CT molecular complexity index is 190. The van der Waals surface area contributed by atoms with Crippen LogP contribution in [-0.2, 0) is 4.79 Å². The van der Waals surface area contributed by atoms with Crippen LogP contribution in [0.25, 0.3) is 0 Å². The molecule has 1 amide bonds. The average molecular weight is 206 g/mol. The van der Waals surface area contributed by atoms with E-state index in [1.807, 2.05) is 0 Å². The molecule has 0 fully saturated rings. The molecule has 0 saturated carbocycles. The first-order valence-electron chi connectivity index (χ1n) is 3.10. The van der Waals surface area contributed by atoms with Gasteiger partial charge in [-0.25, -0.2) is 0 Å². The lowest BCUT2D eigenvalue weighted by atomic mass is 10.3. The lowest BCUT2D eigenvalue weighted by molar-refractivity contribution is -0.279. The van der Waals surface area contributed by atoms with Crippen LogP contribution in [0.2, 0.25) is 0 Å². The molecule has 3 nitrogen and oxygen atoms in total. The third kappa shape index (κ3) is 4.02. The number of hydrogen-bond donors (Lipinski definition) is 2. The van der Waals surface area contributed by atoms with Gasteiger partial charge in [0.2, 0.25) is 5.91 Å². The maximum atomic E-state index is 12.0. The molecule has 8 heteroatoms. The Kier molecular flexibility index (Phi) is 3.59. The van der Waals surface area contributed by atoms with E-state index >= 15 is 0 Å². The Balaban J connectivity index is 3.97. The number of halogens is 5. The number of carbonyl (C=O) groups excluding carboxylic acids is 1. The smallest absolute Gasteiger partial charge is 0.369 e.